The van der Waals surface area contributed by atoms with Gasteiger partial charge in [0.25, 0.3) is 5.69 Å². The fourth-order valence-corrected chi connectivity index (χ4v) is 4.37. The zero-order valence-corrected chi connectivity index (χ0v) is 18.8. The third kappa shape index (κ3) is 5.14. The van der Waals surface area contributed by atoms with Crippen LogP contribution in [0.4, 0.5) is 21.3 Å². The third-order valence-electron chi connectivity index (χ3n) is 5.22. The molecule has 9 nitrogen and oxygen atoms in total. The van der Waals surface area contributed by atoms with Crippen LogP contribution in [0.2, 0.25) is 5.02 Å². The number of halogens is 1. The fourth-order valence-electron chi connectivity index (χ4n) is 3.52. The molecule has 166 valence electrons. The third-order valence-corrected chi connectivity index (χ3v) is 6.29. The molecule has 2 aromatic carbocycles. The lowest BCUT2D eigenvalue weighted by atomic mass is 10.1. The predicted molar refractivity (Wildman–Crippen MR) is 125 cm³/mol. The molecule has 1 saturated heterocycles. The molecule has 0 bridgehead atoms. The number of hydrogen-bond donors (Lipinski definition) is 1. The van der Waals surface area contributed by atoms with Gasteiger partial charge in [0, 0.05) is 66.5 Å². The number of rotatable bonds is 5. The zero-order valence-electron chi connectivity index (χ0n) is 17.3. The van der Waals surface area contributed by atoms with E-state index in [-0.39, 0.29) is 17.8 Å². The summed E-state index contributed by atoms with van der Waals surface area (Å²) >= 11 is 7.30. The molecule has 3 aromatic rings. The molecule has 0 unspecified atom stereocenters. The van der Waals surface area contributed by atoms with Crippen LogP contribution in [0.5, 0.6) is 0 Å². The highest BCUT2D eigenvalue weighted by Crippen LogP contribution is 2.23. The van der Waals surface area contributed by atoms with E-state index in [1.165, 1.54) is 35.8 Å². The molecule has 1 aliphatic heterocycles. The Labute approximate surface area is 194 Å². The zero-order chi connectivity index (χ0) is 22.7. The summed E-state index contributed by atoms with van der Waals surface area (Å²) in [6.45, 7) is 3.81. The summed E-state index contributed by atoms with van der Waals surface area (Å²) in [7, 11) is 0. The van der Waals surface area contributed by atoms with Crippen molar-refractivity contribution in [3.8, 4) is 0 Å². The summed E-state index contributed by atoms with van der Waals surface area (Å²) < 4.78 is 4.48. The second-order valence-electron chi connectivity index (χ2n) is 7.52. The molecule has 2 amide bonds. The molecule has 0 radical (unpaired) electrons. The van der Waals surface area contributed by atoms with Gasteiger partial charge in [-0.1, -0.05) is 23.7 Å². The van der Waals surface area contributed by atoms with E-state index in [9.17, 15) is 14.9 Å². The van der Waals surface area contributed by atoms with Crippen LogP contribution in [0.3, 0.4) is 0 Å². The van der Waals surface area contributed by atoms with Gasteiger partial charge in [-0.25, -0.2) is 9.78 Å². The van der Waals surface area contributed by atoms with E-state index in [1.807, 2.05) is 31.2 Å². The number of carbonyl (C=O) groups excluding carboxylic acids is 1. The molecular formula is C21H21ClN6O3S. The van der Waals surface area contributed by atoms with Crippen LogP contribution in [-0.4, -0.2) is 50.9 Å². The van der Waals surface area contributed by atoms with Gasteiger partial charge in [-0.05, 0) is 36.8 Å². The molecule has 11 heteroatoms. The summed E-state index contributed by atoms with van der Waals surface area (Å²) in [6, 6.07) is 13.2. The molecule has 1 N–H and O–H groups in total. The Balaban J connectivity index is 1.33. The molecule has 0 spiro atoms. The van der Waals surface area contributed by atoms with Crippen molar-refractivity contribution in [2.24, 2.45) is 0 Å². The fraction of sp³-hybridized carbons (Fsp3) is 0.286. The van der Waals surface area contributed by atoms with Gasteiger partial charge in [0.1, 0.15) is 5.82 Å². The van der Waals surface area contributed by atoms with Gasteiger partial charge in [-0.3, -0.25) is 10.1 Å². The lowest BCUT2D eigenvalue weighted by molar-refractivity contribution is -0.384. The summed E-state index contributed by atoms with van der Waals surface area (Å²) in [5.74, 6) is 0.762. The molecule has 1 atom stereocenters. The Morgan fingerprint density at radius 2 is 1.94 bits per heavy atom. The predicted octanol–water partition coefficient (Wildman–Crippen LogP) is 4.43. The monoisotopic (exact) mass is 472 g/mol. The average Bonchev–Trinajstić information content (AvgIpc) is 3.24. The minimum atomic E-state index is -0.471. The Hall–Kier alpha value is -3.24. The van der Waals surface area contributed by atoms with Crippen molar-refractivity contribution >= 4 is 45.7 Å². The number of amides is 2. The number of nitrogens with zero attached hydrogens (tertiary/aromatic N) is 5. The second kappa shape index (κ2) is 9.49. The quantitative estimate of drug-likeness (QED) is 0.435. The highest BCUT2D eigenvalue weighted by molar-refractivity contribution is 7.09. The first-order chi connectivity index (χ1) is 15.4. The van der Waals surface area contributed by atoms with Gasteiger partial charge in [0.2, 0.25) is 5.13 Å². The number of benzene rings is 2. The highest BCUT2D eigenvalue weighted by atomic mass is 35.5. The Bertz CT molecular complexity index is 1110. The lowest BCUT2D eigenvalue weighted by Gasteiger charge is -2.39. The van der Waals surface area contributed by atoms with Crippen LogP contribution < -0.4 is 10.2 Å². The Morgan fingerprint density at radius 3 is 2.59 bits per heavy atom. The standard InChI is InChI=1S/C21H21ClN6O3S/c1-14-13-26(21-24-19(25-32-21)12-15-2-4-16(22)5-3-15)10-11-27(14)20(29)23-17-6-8-18(9-7-17)28(30)31/h2-9,14H,10-13H2,1H3,(H,23,29)/t14-/m0/s1. The van der Waals surface area contributed by atoms with Crippen LogP contribution in [0.15, 0.2) is 48.5 Å². The van der Waals surface area contributed by atoms with Gasteiger partial charge < -0.3 is 15.1 Å². The van der Waals surface area contributed by atoms with E-state index >= 15 is 0 Å². The minimum Gasteiger partial charge on any atom is -0.343 e. The van der Waals surface area contributed by atoms with E-state index in [0.29, 0.717) is 36.8 Å². The van der Waals surface area contributed by atoms with Gasteiger partial charge in [-0.2, -0.15) is 4.37 Å². The first-order valence-electron chi connectivity index (χ1n) is 10.0. The SMILES string of the molecule is C[C@H]1CN(c2nc(Cc3ccc(Cl)cc3)ns2)CCN1C(=O)Nc1ccc([N+](=O)[O-])cc1. The van der Waals surface area contributed by atoms with E-state index in [4.69, 9.17) is 11.6 Å². The number of nitro benzene ring substituents is 1. The number of nitro groups is 1. The number of aromatic nitrogens is 2. The van der Waals surface area contributed by atoms with Crippen molar-refractivity contribution in [2.45, 2.75) is 19.4 Å². The molecule has 1 fully saturated rings. The number of piperazine rings is 1. The number of carbonyl (C=O) groups is 1. The summed E-state index contributed by atoms with van der Waals surface area (Å²) in [5.41, 5.74) is 1.60. The number of non-ortho nitro benzene ring substituents is 1. The molecular weight excluding hydrogens is 452 g/mol. The Kier molecular flexibility index (Phi) is 6.52. The maximum atomic E-state index is 12.7. The van der Waals surface area contributed by atoms with E-state index in [0.717, 1.165) is 16.5 Å². The number of hydrogen-bond acceptors (Lipinski definition) is 7. The van der Waals surface area contributed by atoms with E-state index in [2.05, 4.69) is 19.6 Å². The molecule has 32 heavy (non-hydrogen) atoms. The van der Waals surface area contributed by atoms with Gasteiger partial charge in [0.05, 0.1) is 4.92 Å². The van der Waals surface area contributed by atoms with Crippen molar-refractivity contribution in [3.05, 3.63) is 75.1 Å². The van der Waals surface area contributed by atoms with Crippen LogP contribution in [0.25, 0.3) is 0 Å². The summed E-state index contributed by atoms with van der Waals surface area (Å²) in [4.78, 5) is 31.6. The number of anilines is 2. The molecule has 2 heterocycles. The van der Waals surface area contributed by atoms with Crippen LogP contribution in [0, 0.1) is 10.1 Å². The highest BCUT2D eigenvalue weighted by Gasteiger charge is 2.29. The van der Waals surface area contributed by atoms with Crippen LogP contribution in [-0.2, 0) is 6.42 Å². The normalized spacial score (nSPS) is 16.1. The van der Waals surface area contributed by atoms with Crippen molar-refractivity contribution in [3.63, 3.8) is 0 Å². The molecule has 0 saturated carbocycles. The lowest BCUT2D eigenvalue weighted by Crippen LogP contribution is -2.55. The summed E-state index contributed by atoms with van der Waals surface area (Å²) in [6.07, 6.45) is 0.640. The number of nitrogens with one attached hydrogen (secondary N) is 1. The molecule has 1 aliphatic rings. The Morgan fingerprint density at radius 1 is 1.22 bits per heavy atom. The van der Waals surface area contributed by atoms with E-state index in [1.54, 1.807) is 4.90 Å². The largest absolute Gasteiger partial charge is 0.343 e. The van der Waals surface area contributed by atoms with Crippen molar-refractivity contribution in [1.29, 1.82) is 0 Å². The van der Waals surface area contributed by atoms with Gasteiger partial charge in [-0.15, -0.1) is 0 Å². The van der Waals surface area contributed by atoms with Crippen molar-refractivity contribution in [2.75, 3.05) is 29.9 Å². The molecule has 0 aliphatic carbocycles. The molecule has 1 aromatic heterocycles. The maximum absolute atomic E-state index is 12.7. The van der Waals surface area contributed by atoms with E-state index < -0.39 is 4.92 Å². The first kappa shape index (κ1) is 22.0. The smallest absolute Gasteiger partial charge is 0.322 e. The second-order valence-corrected chi connectivity index (χ2v) is 8.69. The molecule has 4 rings (SSSR count). The van der Waals surface area contributed by atoms with Crippen molar-refractivity contribution < 1.29 is 9.72 Å². The number of urea groups is 1. The maximum Gasteiger partial charge on any atom is 0.322 e. The first-order valence-corrected chi connectivity index (χ1v) is 11.2. The van der Waals surface area contributed by atoms with Crippen molar-refractivity contribution in [1.82, 2.24) is 14.3 Å². The average molecular weight is 473 g/mol. The van der Waals surface area contributed by atoms with Crippen LogP contribution >= 0.6 is 23.1 Å². The minimum absolute atomic E-state index is 0.0162. The van der Waals surface area contributed by atoms with Gasteiger partial charge in [0.15, 0.2) is 0 Å². The van der Waals surface area contributed by atoms with Crippen LogP contribution in [0.1, 0.15) is 18.3 Å². The topological polar surface area (TPSA) is 104 Å². The summed E-state index contributed by atoms with van der Waals surface area (Å²) in [5, 5.41) is 15.1. The van der Waals surface area contributed by atoms with Gasteiger partial charge >= 0.3 is 6.03 Å².